The van der Waals surface area contributed by atoms with Crippen molar-refractivity contribution in [3.8, 4) is 5.75 Å². The molecule has 1 atom stereocenters. The van der Waals surface area contributed by atoms with Crippen molar-refractivity contribution in [1.82, 2.24) is 19.7 Å². The number of benzene rings is 1. The average molecular weight is 312 g/mol. The van der Waals surface area contributed by atoms with Crippen LogP contribution in [-0.4, -0.2) is 45.9 Å². The summed E-state index contributed by atoms with van der Waals surface area (Å²) < 4.78 is 8.19. The number of para-hydroxylation sites is 1. The smallest absolute Gasteiger partial charge is 0.137 e. The van der Waals surface area contributed by atoms with Crippen LogP contribution in [0, 0.1) is 0 Å². The van der Waals surface area contributed by atoms with E-state index in [-0.39, 0.29) is 0 Å². The second-order valence-corrected chi connectivity index (χ2v) is 6.53. The summed E-state index contributed by atoms with van der Waals surface area (Å²) in [4.78, 5) is 2.51. The van der Waals surface area contributed by atoms with Gasteiger partial charge in [-0.3, -0.25) is 4.90 Å². The summed E-state index contributed by atoms with van der Waals surface area (Å²) in [6.07, 6.45) is 4.78. The summed E-state index contributed by atoms with van der Waals surface area (Å²) in [7, 11) is 0. The van der Waals surface area contributed by atoms with Gasteiger partial charge >= 0.3 is 0 Å². The van der Waals surface area contributed by atoms with Gasteiger partial charge in [-0.1, -0.05) is 18.2 Å². The summed E-state index contributed by atoms with van der Waals surface area (Å²) in [5.41, 5.74) is 0. The number of piperidine rings is 1. The molecule has 2 aliphatic heterocycles. The molecule has 2 aromatic rings. The van der Waals surface area contributed by atoms with Crippen LogP contribution in [-0.2, 0) is 13.0 Å². The van der Waals surface area contributed by atoms with E-state index in [1.165, 1.54) is 30.9 Å². The van der Waals surface area contributed by atoms with Gasteiger partial charge in [-0.25, -0.2) is 0 Å². The predicted octanol–water partition coefficient (Wildman–Crippen LogP) is 2.48. The summed E-state index contributed by atoms with van der Waals surface area (Å²) >= 11 is 0. The van der Waals surface area contributed by atoms with Gasteiger partial charge in [0.05, 0.1) is 0 Å². The van der Waals surface area contributed by atoms with Gasteiger partial charge in [0.1, 0.15) is 24.0 Å². The molecular formula is C18H24N4O. The second-order valence-electron chi connectivity index (χ2n) is 6.53. The van der Waals surface area contributed by atoms with E-state index in [4.69, 9.17) is 4.74 Å². The van der Waals surface area contributed by atoms with E-state index in [0.29, 0.717) is 5.92 Å². The number of ether oxygens (including phenoxy) is 1. The molecule has 1 aromatic carbocycles. The predicted molar refractivity (Wildman–Crippen MR) is 88.7 cm³/mol. The lowest BCUT2D eigenvalue weighted by atomic mass is 9.97. The Labute approximate surface area is 137 Å². The highest BCUT2D eigenvalue weighted by molar-refractivity contribution is 5.20. The third-order valence-corrected chi connectivity index (χ3v) is 4.93. The first-order chi connectivity index (χ1) is 11.4. The maximum atomic E-state index is 5.83. The zero-order valence-corrected chi connectivity index (χ0v) is 13.5. The van der Waals surface area contributed by atoms with Crippen LogP contribution in [0.3, 0.4) is 0 Å². The fraction of sp³-hybridized carbons (Fsp3) is 0.556. The van der Waals surface area contributed by atoms with Crippen LogP contribution in [0.2, 0.25) is 0 Å². The summed E-state index contributed by atoms with van der Waals surface area (Å²) in [5, 5.41) is 8.85. The number of aryl methyl sites for hydroxylation is 1. The SMILES string of the molecule is c1ccc(OCCN2CCC[C@@H](c3nnc4n3CCC4)C2)cc1. The average Bonchev–Trinajstić information content (AvgIpc) is 3.19. The van der Waals surface area contributed by atoms with Gasteiger partial charge in [-0.05, 0) is 37.9 Å². The van der Waals surface area contributed by atoms with Crippen LogP contribution in [0.1, 0.15) is 36.8 Å². The Morgan fingerprint density at radius 3 is 2.91 bits per heavy atom. The number of likely N-dealkylation sites (tertiary alicyclic amines) is 1. The largest absolute Gasteiger partial charge is 0.492 e. The number of nitrogens with zero attached hydrogens (tertiary/aromatic N) is 4. The maximum Gasteiger partial charge on any atom is 0.137 e. The first-order valence-electron chi connectivity index (χ1n) is 8.72. The minimum absolute atomic E-state index is 0.528. The molecule has 4 rings (SSSR count). The Hall–Kier alpha value is -1.88. The number of hydrogen-bond donors (Lipinski definition) is 0. The normalized spacial score (nSPS) is 21.3. The molecule has 5 heteroatoms. The van der Waals surface area contributed by atoms with Crippen LogP contribution in [0.25, 0.3) is 0 Å². The molecule has 122 valence electrons. The first kappa shape index (κ1) is 14.7. The molecule has 0 unspecified atom stereocenters. The van der Waals surface area contributed by atoms with E-state index >= 15 is 0 Å². The Balaban J connectivity index is 1.32. The number of fused-ring (bicyclic) bond motifs is 1. The lowest BCUT2D eigenvalue weighted by molar-refractivity contribution is 0.166. The maximum absolute atomic E-state index is 5.83. The van der Waals surface area contributed by atoms with E-state index in [0.717, 1.165) is 45.0 Å². The fourth-order valence-electron chi connectivity index (χ4n) is 3.75. The lowest BCUT2D eigenvalue weighted by Gasteiger charge is -2.32. The second kappa shape index (κ2) is 6.71. The van der Waals surface area contributed by atoms with Gasteiger partial charge in [0.2, 0.25) is 0 Å². The topological polar surface area (TPSA) is 43.2 Å². The van der Waals surface area contributed by atoms with Crippen molar-refractivity contribution < 1.29 is 4.74 Å². The van der Waals surface area contributed by atoms with Crippen LogP contribution in [0.4, 0.5) is 0 Å². The van der Waals surface area contributed by atoms with E-state index in [2.05, 4.69) is 19.7 Å². The summed E-state index contributed by atoms with van der Waals surface area (Å²) in [6, 6.07) is 10.1. The molecule has 23 heavy (non-hydrogen) atoms. The quantitative estimate of drug-likeness (QED) is 0.851. The van der Waals surface area contributed by atoms with Gasteiger partial charge in [-0.15, -0.1) is 10.2 Å². The third kappa shape index (κ3) is 3.24. The Morgan fingerprint density at radius 2 is 2.00 bits per heavy atom. The molecule has 0 spiro atoms. The van der Waals surface area contributed by atoms with Crippen molar-refractivity contribution >= 4 is 0 Å². The summed E-state index contributed by atoms with van der Waals surface area (Å²) in [6.45, 7) is 5.07. The number of hydrogen-bond acceptors (Lipinski definition) is 4. The van der Waals surface area contributed by atoms with Crippen LogP contribution >= 0.6 is 0 Å². The van der Waals surface area contributed by atoms with E-state index in [9.17, 15) is 0 Å². The minimum Gasteiger partial charge on any atom is -0.492 e. The molecule has 1 saturated heterocycles. The van der Waals surface area contributed by atoms with E-state index in [1.54, 1.807) is 0 Å². The van der Waals surface area contributed by atoms with Crippen molar-refractivity contribution in [2.75, 3.05) is 26.2 Å². The molecule has 3 heterocycles. The zero-order chi connectivity index (χ0) is 15.5. The van der Waals surface area contributed by atoms with Crippen molar-refractivity contribution in [3.63, 3.8) is 0 Å². The molecule has 2 aliphatic rings. The fourth-order valence-corrected chi connectivity index (χ4v) is 3.75. The van der Waals surface area contributed by atoms with Gasteiger partial charge < -0.3 is 9.30 Å². The van der Waals surface area contributed by atoms with Gasteiger partial charge in [0, 0.05) is 32.0 Å². The van der Waals surface area contributed by atoms with Gasteiger partial charge in [0.15, 0.2) is 0 Å². The summed E-state index contributed by atoms with van der Waals surface area (Å²) in [5.74, 6) is 3.88. The monoisotopic (exact) mass is 312 g/mol. The number of rotatable bonds is 5. The Morgan fingerprint density at radius 1 is 1.09 bits per heavy atom. The highest BCUT2D eigenvalue weighted by Crippen LogP contribution is 2.28. The van der Waals surface area contributed by atoms with E-state index in [1.807, 2.05) is 30.3 Å². The van der Waals surface area contributed by atoms with Crippen LogP contribution in [0.5, 0.6) is 5.75 Å². The third-order valence-electron chi connectivity index (χ3n) is 4.93. The van der Waals surface area contributed by atoms with Crippen molar-refractivity contribution in [1.29, 1.82) is 0 Å². The molecule has 0 aliphatic carbocycles. The highest BCUT2D eigenvalue weighted by Gasteiger charge is 2.28. The zero-order valence-electron chi connectivity index (χ0n) is 13.5. The van der Waals surface area contributed by atoms with Crippen molar-refractivity contribution in [3.05, 3.63) is 42.0 Å². The van der Waals surface area contributed by atoms with E-state index < -0.39 is 0 Å². The molecule has 0 amide bonds. The number of aromatic nitrogens is 3. The molecule has 0 saturated carbocycles. The molecule has 0 radical (unpaired) electrons. The Bertz CT molecular complexity index is 640. The molecule has 0 N–H and O–H groups in total. The van der Waals surface area contributed by atoms with Crippen LogP contribution in [0.15, 0.2) is 30.3 Å². The standard InChI is InChI=1S/C18H24N4O/c1-2-7-16(8-3-1)23-13-12-21-10-4-6-15(14-21)18-20-19-17-9-5-11-22(17)18/h1-3,7-8,15H,4-6,9-14H2/t15-/m1/s1. The first-order valence-corrected chi connectivity index (χ1v) is 8.72. The van der Waals surface area contributed by atoms with Gasteiger partial charge in [0.25, 0.3) is 0 Å². The van der Waals surface area contributed by atoms with Gasteiger partial charge in [-0.2, -0.15) is 0 Å². The lowest BCUT2D eigenvalue weighted by Crippen LogP contribution is -2.37. The minimum atomic E-state index is 0.528. The molecule has 1 fully saturated rings. The van der Waals surface area contributed by atoms with Crippen molar-refractivity contribution in [2.24, 2.45) is 0 Å². The molecule has 1 aromatic heterocycles. The Kier molecular flexibility index (Phi) is 4.28. The molecule has 5 nitrogen and oxygen atoms in total. The van der Waals surface area contributed by atoms with Crippen LogP contribution < -0.4 is 4.74 Å². The molecular weight excluding hydrogens is 288 g/mol. The molecule has 0 bridgehead atoms. The highest BCUT2D eigenvalue weighted by atomic mass is 16.5. The van der Waals surface area contributed by atoms with Crippen molar-refractivity contribution in [2.45, 2.75) is 38.1 Å².